The molecule has 5 nitrogen and oxygen atoms in total. The first-order valence-corrected chi connectivity index (χ1v) is 7.45. The first kappa shape index (κ1) is 15.0. The van der Waals surface area contributed by atoms with Crippen LogP contribution in [-0.4, -0.2) is 15.7 Å². The van der Waals surface area contributed by atoms with Gasteiger partial charge in [0.2, 0.25) is 11.3 Å². The molecular weight excluding hydrogens is 290 g/mol. The minimum absolute atomic E-state index is 0.0797. The second kappa shape index (κ2) is 6.44. The molecule has 0 radical (unpaired) electrons. The summed E-state index contributed by atoms with van der Waals surface area (Å²) in [5.74, 6) is -0.0797. The van der Waals surface area contributed by atoms with Crippen molar-refractivity contribution in [1.82, 2.24) is 9.78 Å². The zero-order valence-electron chi connectivity index (χ0n) is 12.8. The van der Waals surface area contributed by atoms with E-state index < -0.39 is 0 Å². The second-order valence-electron chi connectivity index (χ2n) is 5.36. The molecule has 1 heterocycles. The third-order valence-electron chi connectivity index (χ3n) is 3.73. The van der Waals surface area contributed by atoms with Crippen molar-refractivity contribution in [3.63, 3.8) is 0 Å². The molecule has 0 spiro atoms. The van der Waals surface area contributed by atoms with Crippen molar-refractivity contribution in [3.05, 3.63) is 70.5 Å². The Bertz CT molecular complexity index is 915. The van der Waals surface area contributed by atoms with E-state index in [1.54, 1.807) is 10.7 Å². The van der Waals surface area contributed by atoms with Gasteiger partial charge in [-0.1, -0.05) is 30.3 Å². The maximum absolute atomic E-state index is 12.1. The third kappa shape index (κ3) is 3.29. The van der Waals surface area contributed by atoms with Gasteiger partial charge in [-0.25, -0.2) is 0 Å². The van der Waals surface area contributed by atoms with Crippen LogP contribution in [0, 0.1) is 6.92 Å². The summed E-state index contributed by atoms with van der Waals surface area (Å²) in [7, 11) is 0. The average Bonchev–Trinajstić information content (AvgIpc) is 2.57. The summed E-state index contributed by atoms with van der Waals surface area (Å²) in [4.78, 5) is 23.9. The summed E-state index contributed by atoms with van der Waals surface area (Å²) >= 11 is 0. The SMILES string of the molecule is Cc1ccccc1NC(=O)CCn1ncc(=O)c2ccccc21. The number of anilines is 1. The lowest BCUT2D eigenvalue weighted by molar-refractivity contribution is -0.116. The summed E-state index contributed by atoms with van der Waals surface area (Å²) in [5, 5.41) is 7.64. The topological polar surface area (TPSA) is 64.0 Å². The van der Waals surface area contributed by atoms with Crippen LogP contribution in [0.25, 0.3) is 10.9 Å². The molecule has 0 aliphatic heterocycles. The number of amides is 1. The summed E-state index contributed by atoms with van der Waals surface area (Å²) in [6.07, 6.45) is 1.58. The number of carbonyl (C=O) groups excluding carboxylic acids is 1. The summed E-state index contributed by atoms with van der Waals surface area (Å²) in [6, 6.07) is 14.9. The molecular formula is C18H17N3O2. The Hall–Kier alpha value is -2.95. The molecule has 0 saturated carbocycles. The smallest absolute Gasteiger partial charge is 0.226 e. The largest absolute Gasteiger partial charge is 0.326 e. The van der Waals surface area contributed by atoms with Crippen molar-refractivity contribution in [3.8, 4) is 0 Å². The highest BCUT2D eigenvalue weighted by atomic mass is 16.1. The molecule has 1 N–H and O–H groups in total. The van der Waals surface area contributed by atoms with E-state index >= 15 is 0 Å². The normalized spacial score (nSPS) is 10.7. The van der Waals surface area contributed by atoms with Crippen molar-refractivity contribution in [2.75, 3.05) is 5.32 Å². The van der Waals surface area contributed by atoms with Crippen molar-refractivity contribution < 1.29 is 4.79 Å². The first-order chi connectivity index (χ1) is 11.1. The Morgan fingerprint density at radius 3 is 2.70 bits per heavy atom. The van der Waals surface area contributed by atoms with Crippen LogP contribution in [0.3, 0.4) is 0 Å². The van der Waals surface area contributed by atoms with E-state index in [0.29, 0.717) is 11.9 Å². The minimum Gasteiger partial charge on any atom is -0.326 e. The van der Waals surface area contributed by atoms with Gasteiger partial charge >= 0.3 is 0 Å². The van der Waals surface area contributed by atoms with Gasteiger partial charge in [0.05, 0.1) is 18.3 Å². The Balaban J connectivity index is 1.74. The zero-order valence-corrected chi connectivity index (χ0v) is 12.8. The zero-order chi connectivity index (χ0) is 16.2. The van der Waals surface area contributed by atoms with Crippen LogP contribution in [0.5, 0.6) is 0 Å². The number of aromatic nitrogens is 2. The Morgan fingerprint density at radius 1 is 1.13 bits per heavy atom. The predicted molar refractivity (Wildman–Crippen MR) is 90.4 cm³/mol. The highest BCUT2D eigenvalue weighted by Gasteiger charge is 2.07. The van der Waals surface area contributed by atoms with Crippen molar-refractivity contribution in [2.45, 2.75) is 19.9 Å². The molecule has 0 aliphatic carbocycles. The van der Waals surface area contributed by atoms with E-state index in [1.807, 2.05) is 49.4 Å². The molecule has 0 aliphatic rings. The van der Waals surface area contributed by atoms with Crippen LogP contribution in [-0.2, 0) is 11.3 Å². The molecule has 3 rings (SSSR count). The maximum Gasteiger partial charge on any atom is 0.226 e. The van der Waals surface area contributed by atoms with Gasteiger partial charge in [-0.2, -0.15) is 5.10 Å². The molecule has 3 aromatic rings. The molecule has 0 atom stereocenters. The van der Waals surface area contributed by atoms with Crippen LogP contribution in [0.4, 0.5) is 5.69 Å². The quantitative estimate of drug-likeness (QED) is 0.806. The van der Waals surface area contributed by atoms with Crippen molar-refractivity contribution in [2.24, 2.45) is 0 Å². The molecule has 23 heavy (non-hydrogen) atoms. The van der Waals surface area contributed by atoms with Gasteiger partial charge in [0.15, 0.2) is 0 Å². The number of nitrogens with zero attached hydrogens (tertiary/aromatic N) is 2. The van der Waals surface area contributed by atoms with Gasteiger partial charge in [0, 0.05) is 17.5 Å². The molecule has 1 amide bonds. The van der Waals surface area contributed by atoms with E-state index in [9.17, 15) is 9.59 Å². The Labute approximate surface area is 133 Å². The fourth-order valence-corrected chi connectivity index (χ4v) is 2.47. The third-order valence-corrected chi connectivity index (χ3v) is 3.73. The lowest BCUT2D eigenvalue weighted by atomic mass is 10.2. The summed E-state index contributed by atoms with van der Waals surface area (Å²) in [6.45, 7) is 2.37. The van der Waals surface area contributed by atoms with E-state index in [1.165, 1.54) is 6.20 Å². The van der Waals surface area contributed by atoms with E-state index in [4.69, 9.17) is 0 Å². The maximum atomic E-state index is 12.1. The van der Waals surface area contributed by atoms with Crippen LogP contribution >= 0.6 is 0 Å². The van der Waals surface area contributed by atoms with E-state index in [2.05, 4.69) is 10.4 Å². The molecule has 5 heteroatoms. The molecule has 1 aromatic heterocycles. The number of nitrogens with one attached hydrogen (secondary N) is 1. The number of benzene rings is 2. The number of rotatable bonds is 4. The molecule has 2 aromatic carbocycles. The fourth-order valence-electron chi connectivity index (χ4n) is 2.47. The number of aryl methyl sites for hydroxylation is 2. The van der Waals surface area contributed by atoms with Crippen LogP contribution in [0.15, 0.2) is 59.5 Å². The molecule has 0 fully saturated rings. The highest BCUT2D eigenvalue weighted by molar-refractivity contribution is 5.91. The van der Waals surface area contributed by atoms with Crippen LogP contribution < -0.4 is 10.7 Å². The Kier molecular flexibility index (Phi) is 4.19. The number of hydrogen-bond donors (Lipinski definition) is 1. The average molecular weight is 307 g/mol. The molecule has 0 saturated heterocycles. The van der Waals surface area contributed by atoms with Crippen LogP contribution in [0.2, 0.25) is 0 Å². The Morgan fingerprint density at radius 2 is 1.87 bits per heavy atom. The number of hydrogen-bond acceptors (Lipinski definition) is 3. The van der Waals surface area contributed by atoms with Gasteiger partial charge in [-0.3, -0.25) is 14.3 Å². The first-order valence-electron chi connectivity index (χ1n) is 7.45. The second-order valence-corrected chi connectivity index (χ2v) is 5.36. The number of para-hydroxylation sites is 2. The molecule has 0 bridgehead atoms. The summed E-state index contributed by atoms with van der Waals surface area (Å²) < 4.78 is 1.69. The number of fused-ring (bicyclic) bond motifs is 1. The lowest BCUT2D eigenvalue weighted by Crippen LogP contribution is -2.18. The van der Waals surface area contributed by atoms with Crippen molar-refractivity contribution >= 4 is 22.5 Å². The van der Waals surface area contributed by atoms with Gasteiger partial charge in [-0.15, -0.1) is 0 Å². The monoisotopic (exact) mass is 307 g/mol. The lowest BCUT2D eigenvalue weighted by Gasteiger charge is -2.10. The summed E-state index contributed by atoms with van der Waals surface area (Å²) in [5.41, 5.74) is 2.47. The molecule has 0 unspecified atom stereocenters. The van der Waals surface area contributed by atoms with Gasteiger partial charge in [0.1, 0.15) is 0 Å². The number of carbonyl (C=O) groups is 1. The van der Waals surface area contributed by atoms with Gasteiger partial charge in [-0.05, 0) is 30.7 Å². The highest BCUT2D eigenvalue weighted by Crippen LogP contribution is 2.14. The minimum atomic E-state index is -0.110. The van der Waals surface area contributed by atoms with E-state index in [-0.39, 0.29) is 17.8 Å². The molecule has 116 valence electrons. The van der Waals surface area contributed by atoms with Crippen LogP contribution in [0.1, 0.15) is 12.0 Å². The standard InChI is InChI=1S/C18H17N3O2/c1-13-6-2-4-8-15(13)20-18(23)10-11-21-16-9-5-3-7-14(16)17(22)12-19-21/h2-9,12H,10-11H2,1H3,(H,20,23). The van der Waals surface area contributed by atoms with Gasteiger partial charge < -0.3 is 5.32 Å². The predicted octanol–water partition coefficient (Wildman–Crippen LogP) is 2.73. The van der Waals surface area contributed by atoms with Gasteiger partial charge in [0.25, 0.3) is 0 Å². The fraction of sp³-hybridized carbons (Fsp3) is 0.167. The van der Waals surface area contributed by atoms with E-state index in [0.717, 1.165) is 16.8 Å². The van der Waals surface area contributed by atoms with Crippen molar-refractivity contribution in [1.29, 1.82) is 0 Å².